The average Bonchev–Trinajstić information content (AvgIpc) is 3.41. The SMILES string of the molecule is COc1cc(-c2cnc3c(Cc4ccccc4)nccn23)ccc1-n1cnc(C)c1. The van der Waals surface area contributed by atoms with Crippen molar-refractivity contribution < 1.29 is 4.74 Å². The van der Waals surface area contributed by atoms with Crippen molar-refractivity contribution in [3.05, 3.63) is 96.6 Å². The number of aromatic nitrogens is 5. The van der Waals surface area contributed by atoms with E-state index in [1.165, 1.54) is 5.56 Å². The van der Waals surface area contributed by atoms with Crippen LogP contribution in [0.1, 0.15) is 17.0 Å². The molecule has 0 aliphatic carbocycles. The lowest BCUT2D eigenvalue weighted by atomic mass is 10.1. The molecule has 2 aromatic carbocycles. The van der Waals surface area contributed by atoms with Crippen LogP contribution >= 0.6 is 0 Å². The number of hydrogen-bond donors (Lipinski definition) is 0. The molecule has 0 radical (unpaired) electrons. The minimum atomic E-state index is 0.740. The molecule has 5 aromatic rings. The Labute approximate surface area is 174 Å². The van der Waals surface area contributed by atoms with Crippen molar-refractivity contribution in [3.63, 3.8) is 0 Å². The zero-order chi connectivity index (χ0) is 20.5. The summed E-state index contributed by atoms with van der Waals surface area (Å²) in [4.78, 5) is 13.6. The number of ether oxygens (including phenoxy) is 1. The van der Waals surface area contributed by atoms with Gasteiger partial charge in [-0.2, -0.15) is 0 Å². The largest absolute Gasteiger partial charge is 0.495 e. The number of benzene rings is 2. The van der Waals surface area contributed by atoms with Crippen molar-refractivity contribution in [2.45, 2.75) is 13.3 Å². The first-order chi connectivity index (χ1) is 14.7. The minimum Gasteiger partial charge on any atom is -0.495 e. The molecule has 0 saturated heterocycles. The summed E-state index contributed by atoms with van der Waals surface area (Å²) >= 11 is 0. The molecule has 3 aromatic heterocycles. The molecule has 0 amide bonds. The third-order valence-corrected chi connectivity index (χ3v) is 5.18. The fourth-order valence-electron chi connectivity index (χ4n) is 3.70. The molecule has 0 saturated carbocycles. The molecule has 0 unspecified atom stereocenters. The number of methoxy groups -OCH3 is 1. The zero-order valence-electron chi connectivity index (χ0n) is 16.9. The fraction of sp³-hybridized carbons (Fsp3) is 0.125. The molecule has 148 valence electrons. The first kappa shape index (κ1) is 18.1. The van der Waals surface area contributed by atoms with Crippen LogP contribution in [0.5, 0.6) is 5.75 Å². The Morgan fingerprint density at radius 1 is 1.00 bits per heavy atom. The summed E-state index contributed by atoms with van der Waals surface area (Å²) in [5.41, 5.74) is 6.95. The molecule has 0 atom stereocenters. The van der Waals surface area contributed by atoms with Crippen LogP contribution in [0.2, 0.25) is 0 Å². The highest BCUT2D eigenvalue weighted by Crippen LogP contribution is 2.30. The Hall–Kier alpha value is -3.93. The van der Waals surface area contributed by atoms with Crippen molar-refractivity contribution in [1.82, 2.24) is 23.9 Å². The number of aryl methyl sites for hydroxylation is 1. The molecule has 30 heavy (non-hydrogen) atoms. The van der Waals surface area contributed by atoms with E-state index in [9.17, 15) is 0 Å². The highest BCUT2D eigenvalue weighted by Gasteiger charge is 2.14. The van der Waals surface area contributed by atoms with Crippen LogP contribution in [0.15, 0.2) is 79.6 Å². The van der Waals surface area contributed by atoms with Crippen LogP contribution in [-0.4, -0.2) is 31.0 Å². The van der Waals surface area contributed by atoms with E-state index in [0.717, 1.165) is 46.2 Å². The molecular formula is C24H21N5O. The first-order valence-corrected chi connectivity index (χ1v) is 9.77. The molecule has 3 heterocycles. The molecule has 6 heteroatoms. The molecule has 5 rings (SSSR count). The third kappa shape index (κ3) is 3.22. The number of rotatable bonds is 5. The summed E-state index contributed by atoms with van der Waals surface area (Å²) in [6.07, 6.45) is 10.2. The van der Waals surface area contributed by atoms with Crippen molar-refractivity contribution in [2.75, 3.05) is 7.11 Å². The van der Waals surface area contributed by atoms with Gasteiger partial charge in [0.15, 0.2) is 5.65 Å². The second-order valence-corrected chi connectivity index (χ2v) is 7.18. The number of imidazole rings is 2. The highest BCUT2D eigenvalue weighted by atomic mass is 16.5. The van der Waals surface area contributed by atoms with E-state index in [0.29, 0.717) is 0 Å². The predicted octanol–water partition coefficient (Wildman–Crippen LogP) is 4.49. The predicted molar refractivity (Wildman–Crippen MR) is 116 cm³/mol. The lowest BCUT2D eigenvalue weighted by Crippen LogP contribution is -1.99. The quantitative estimate of drug-likeness (QED) is 0.440. The van der Waals surface area contributed by atoms with Crippen molar-refractivity contribution in [1.29, 1.82) is 0 Å². The Balaban J connectivity index is 1.56. The monoisotopic (exact) mass is 395 g/mol. The summed E-state index contributed by atoms with van der Waals surface area (Å²) in [5.74, 6) is 0.776. The van der Waals surface area contributed by atoms with E-state index < -0.39 is 0 Å². The summed E-state index contributed by atoms with van der Waals surface area (Å²) in [6, 6.07) is 16.5. The molecule has 0 N–H and O–H groups in total. The van der Waals surface area contributed by atoms with Gasteiger partial charge in [-0.1, -0.05) is 36.4 Å². The van der Waals surface area contributed by atoms with Gasteiger partial charge in [0.25, 0.3) is 0 Å². The molecule has 0 bridgehead atoms. The Bertz CT molecular complexity index is 1320. The van der Waals surface area contributed by atoms with E-state index in [1.807, 2.05) is 66.6 Å². The molecule has 0 fully saturated rings. The molecular weight excluding hydrogens is 374 g/mol. The maximum absolute atomic E-state index is 5.67. The molecule has 0 aliphatic heterocycles. The maximum Gasteiger partial charge on any atom is 0.159 e. The summed E-state index contributed by atoms with van der Waals surface area (Å²) < 4.78 is 9.72. The van der Waals surface area contributed by atoms with Crippen molar-refractivity contribution in [3.8, 4) is 22.7 Å². The maximum atomic E-state index is 5.67. The summed E-state index contributed by atoms with van der Waals surface area (Å²) in [6.45, 7) is 1.97. The molecule has 0 spiro atoms. The smallest absolute Gasteiger partial charge is 0.159 e. The van der Waals surface area contributed by atoms with E-state index in [4.69, 9.17) is 4.74 Å². The van der Waals surface area contributed by atoms with Crippen LogP contribution in [0.4, 0.5) is 0 Å². The van der Waals surface area contributed by atoms with Crippen molar-refractivity contribution in [2.24, 2.45) is 0 Å². The van der Waals surface area contributed by atoms with Gasteiger partial charge in [0.1, 0.15) is 5.75 Å². The number of hydrogen-bond acceptors (Lipinski definition) is 4. The zero-order valence-corrected chi connectivity index (χ0v) is 16.9. The van der Waals surface area contributed by atoms with Crippen LogP contribution in [0.3, 0.4) is 0 Å². The van der Waals surface area contributed by atoms with Gasteiger partial charge in [-0.15, -0.1) is 0 Å². The minimum absolute atomic E-state index is 0.740. The lowest BCUT2D eigenvalue weighted by molar-refractivity contribution is 0.413. The van der Waals surface area contributed by atoms with Gasteiger partial charge >= 0.3 is 0 Å². The number of nitrogens with zero attached hydrogens (tertiary/aromatic N) is 5. The second-order valence-electron chi connectivity index (χ2n) is 7.18. The third-order valence-electron chi connectivity index (χ3n) is 5.18. The number of fused-ring (bicyclic) bond motifs is 1. The van der Waals surface area contributed by atoms with Crippen LogP contribution in [-0.2, 0) is 6.42 Å². The Kier molecular flexibility index (Phi) is 4.52. The van der Waals surface area contributed by atoms with E-state index in [2.05, 4.69) is 37.6 Å². The Morgan fingerprint density at radius 3 is 2.63 bits per heavy atom. The fourth-order valence-corrected chi connectivity index (χ4v) is 3.70. The topological polar surface area (TPSA) is 57.2 Å². The van der Waals surface area contributed by atoms with Crippen molar-refractivity contribution >= 4 is 5.65 Å². The summed E-state index contributed by atoms with van der Waals surface area (Å²) in [5, 5.41) is 0. The van der Waals surface area contributed by atoms with Crippen LogP contribution < -0.4 is 4.74 Å². The lowest BCUT2D eigenvalue weighted by Gasteiger charge is -2.11. The first-order valence-electron chi connectivity index (χ1n) is 9.77. The Morgan fingerprint density at radius 2 is 1.87 bits per heavy atom. The van der Waals surface area contributed by atoms with Gasteiger partial charge in [-0.05, 0) is 24.6 Å². The summed E-state index contributed by atoms with van der Waals surface area (Å²) in [7, 11) is 1.68. The van der Waals surface area contributed by atoms with Gasteiger partial charge in [0.05, 0.1) is 42.4 Å². The van der Waals surface area contributed by atoms with Gasteiger partial charge < -0.3 is 9.30 Å². The standard InChI is InChI=1S/C24H21N5O/c1-17-15-28(16-27-17)21-9-8-19(13-23(21)30-2)22-14-26-24-20(25-10-11-29(22)24)12-18-6-4-3-5-7-18/h3-11,13-16H,12H2,1-2H3. The average molecular weight is 395 g/mol. The normalized spacial score (nSPS) is 11.1. The van der Waals surface area contributed by atoms with Gasteiger partial charge in [0.2, 0.25) is 0 Å². The van der Waals surface area contributed by atoms with E-state index >= 15 is 0 Å². The van der Waals surface area contributed by atoms with E-state index in [-0.39, 0.29) is 0 Å². The van der Waals surface area contributed by atoms with E-state index in [1.54, 1.807) is 13.4 Å². The van der Waals surface area contributed by atoms with Gasteiger partial charge in [-0.3, -0.25) is 9.38 Å². The van der Waals surface area contributed by atoms with Crippen LogP contribution in [0.25, 0.3) is 22.6 Å². The molecule has 6 nitrogen and oxygen atoms in total. The molecule has 0 aliphatic rings. The second kappa shape index (κ2) is 7.48. The van der Waals surface area contributed by atoms with Gasteiger partial charge in [0, 0.05) is 30.6 Å². The van der Waals surface area contributed by atoms with Crippen LogP contribution in [0, 0.1) is 6.92 Å². The highest BCUT2D eigenvalue weighted by molar-refractivity contribution is 5.69. The van der Waals surface area contributed by atoms with Gasteiger partial charge in [-0.25, -0.2) is 9.97 Å².